The minimum atomic E-state index is -0.541. The maximum atomic E-state index is 13.1. The Morgan fingerprint density at radius 1 is 1.28 bits per heavy atom. The summed E-state index contributed by atoms with van der Waals surface area (Å²) in [7, 11) is 0. The van der Waals surface area contributed by atoms with Gasteiger partial charge in [-0.2, -0.15) is 9.49 Å². The van der Waals surface area contributed by atoms with Crippen LogP contribution in [0.2, 0.25) is 0 Å². The molecule has 0 unspecified atom stereocenters. The van der Waals surface area contributed by atoms with Gasteiger partial charge in [0.05, 0.1) is 5.69 Å². The van der Waals surface area contributed by atoms with Crippen molar-refractivity contribution in [3.8, 4) is 11.3 Å². The van der Waals surface area contributed by atoms with Gasteiger partial charge in [0.25, 0.3) is 0 Å². The summed E-state index contributed by atoms with van der Waals surface area (Å²) in [5.74, 6) is -0.182. The van der Waals surface area contributed by atoms with Crippen molar-refractivity contribution in [2.45, 2.75) is 0 Å². The fourth-order valence-corrected chi connectivity index (χ4v) is 2.38. The highest BCUT2D eigenvalue weighted by Gasteiger charge is 2.13. The van der Waals surface area contributed by atoms with E-state index in [-0.39, 0.29) is 0 Å². The summed E-state index contributed by atoms with van der Waals surface area (Å²) in [5.41, 5.74) is 7.83. The summed E-state index contributed by atoms with van der Waals surface area (Å²) in [6.45, 7) is 0. The number of fused-ring (bicyclic) bond motifs is 1. The Kier molecular flexibility index (Phi) is 2.48. The molecule has 0 aromatic carbocycles. The monoisotopic (exact) mass is 307 g/mol. The molecule has 7 heteroatoms. The van der Waals surface area contributed by atoms with E-state index in [0.29, 0.717) is 22.6 Å². The molecule has 0 spiro atoms. The molecule has 0 radical (unpaired) electrons. The smallest absolute Gasteiger partial charge is 0.213 e. The average molecular weight is 308 g/mol. The van der Waals surface area contributed by atoms with E-state index in [9.17, 15) is 4.39 Å². The van der Waals surface area contributed by atoms with Gasteiger partial charge in [0.2, 0.25) is 5.95 Å². The third kappa shape index (κ3) is 1.63. The lowest BCUT2D eigenvalue weighted by atomic mass is 10.2. The van der Waals surface area contributed by atoms with E-state index in [2.05, 4.69) is 31.0 Å². The molecule has 0 bridgehead atoms. The van der Waals surface area contributed by atoms with Crippen LogP contribution in [0.15, 0.2) is 35.2 Å². The molecule has 0 fully saturated rings. The minimum Gasteiger partial charge on any atom is -0.382 e. The van der Waals surface area contributed by atoms with Crippen LogP contribution < -0.4 is 5.73 Å². The Labute approximate surface area is 110 Å². The Balaban J connectivity index is 2.34. The first-order chi connectivity index (χ1) is 8.66. The molecule has 0 aliphatic rings. The predicted molar refractivity (Wildman–Crippen MR) is 68.3 cm³/mol. The second-order valence-corrected chi connectivity index (χ2v) is 4.50. The lowest BCUT2D eigenvalue weighted by molar-refractivity contribution is 0.584. The van der Waals surface area contributed by atoms with E-state index in [0.717, 1.165) is 4.47 Å². The van der Waals surface area contributed by atoms with Gasteiger partial charge in [-0.1, -0.05) is 0 Å². The van der Waals surface area contributed by atoms with Crippen LogP contribution in [-0.4, -0.2) is 19.6 Å². The molecule has 0 amide bonds. The van der Waals surface area contributed by atoms with E-state index < -0.39 is 5.95 Å². The topological polar surface area (TPSA) is 69.1 Å². The first kappa shape index (κ1) is 11.1. The zero-order valence-corrected chi connectivity index (χ0v) is 10.6. The zero-order chi connectivity index (χ0) is 12.7. The van der Waals surface area contributed by atoms with Gasteiger partial charge in [-0.05, 0) is 28.1 Å². The van der Waals surface area contributed by atoms with Crippen LogP contribution in [0.25, 0.3) is 16.8 Å². The third-order valence-corrected chi connectivity index (χ3v) is 3.16. The molecule has 18 heavy (non-hydrogen) atoms. The van der Waals surface area contributed by atoms with Crippen molar-refractivity contribution in [1.82, 2.24) is 19.6 Å². The first-order valence-corrected chi connectivity index (χ1v) is 5.86. The molecule has 90 valence electrons. The van der Waals surface area contributed by atoms with Crippen LogP contribution in [0.3, 0.4) is 0 Å². The summed E-state index contributed by atoms with van der Waals surface area (Å²) >= 11 is 3.39. The second-order valence-electron chi connectivity index (χ2n) is 3.65. The van der Waals surface area contributed by atoms with Crippen molar-refractivity contribution in [3.05, 3.63) is 41.1 Å². The number of hydrogen-bond acceptors (Lipinski definition) is 4. The summed E-state index contributed by atoms with van der Waals surface area (Å²) in [6.07, 6.45) is 2.76. The second kappa shape index (κ2) is 4.02. The molecule has 3 aromatic rings. The normalized spacial score (nSPS) is 11.0. The number of nitrogens with zero attached hydrogens (tertiary/aromatic N) is 4. The van der Waals surface area contributed by atoms with E-state index in [1.807, 2.05) is 6.07 Å². The maximum absolute atomic E-state index is 13.1. The standard InChI is InChI=1S/C11H7BrFN5/c12-7-4-8(6-1-2-15-9(13)3-6)18-10(7)11(14)16-5-17-18/h1-5H,(H2,14,16,17). The first-order valence-electron chi connectivity index (χ1n) is 5.06. The summed E-state index contributed by atoms with van der Waals surface area (Å²) in [4.78, 5) is 7.45. The largest absolute Gasteiger partial charge is 0.382 e. The highest BCUT2D eigenvalue weighted by atomic mass is 79.9. The number of rotatable bonds is 1. The van der Waals surface area contributed by atoms with Crippen molar-refractivity contribution >= 4 is 27.3 Å². The average Bonchev–Trinajstić information content (AvgIpc) is 2.68. The quantitative estimate of drug-likeness (QED) is 0.700. The molecule has 2 N–H and O–H groups in total. The van der Waals surface area contributed by atoms with Crippen LogP contribution in [0.1, 0.15) is 0 Å². The van der Waals surface area contributed by atoms with Crippen molar-refractivity contribution in [3.63, 3.8) is 0 Å². The number of aromatic nitrogens is 4. The molecular formula is C11H7BrFN5. The Morgan fingerprint density at radius 2 is 2.11 bits per heavy atom. The molecule has 3 rings (SSSR count). The molecule has 0 aliphatic carbocycles. The van der Waals surface area contributed by atoms with Crippen molar-refractivity contribution in [1.29, 1.82) is 0 Å². The third-order valence-electron chi connectivity index (χ3n) is 2.56. The van der Waals surface area contributed by atoms with Gasteiger partial charge in [0.15, 0.2) is 5.82 Å². The van der Waals surface area contributed by atoms with Gasteiger partial charge < -0.3 is 5.73 Å². The lowest BCUT2D eigenvalue weighted by Crippen LogP contribution is -2.00. The maximum Gasteiger partial charge on any atom is 0.213 e. The SMILES string of the molecule is Nc1ncnn2c(-c3ccnc(F)c3)cc(Br)c12. The summed E-state index contributed by atoms with van der Waals surface area (Å²) in [5, 5.41) is 4.12. The van der Waals surface area contributed by atoms with E-state index in [1.165, 1.54) is 18.6 Å². The van der Waals surface area contributed by atoms with Crippen LogP contribution in [0, 0.1) is 5.95 Å². The number of nitrogens with two attached hydrogens (primary N) is 1. The molecule has 0 saturated carbocycles. The van der Waals surface area contributed by atoms with E-state index in [1.54, 1.807) is 10.6 Å². The van der Waals surface area contributed by atoms with E-state index in [4.69, 9.17) is 5.73 Å². The Morgan fingerprint density at radius 3 is 2.89 bits per heavy atom. The minimum absolute atomic E-state index is 0.359. The van der Waals surface area contributed by atoms with Crippen molar-refractivity contribution < 1.29 is 4.39 Å². The zero-order valence-electron chi connectivity index (χ0n) is 9.01. The van der Waals surface area contributed by atoms with Gasteiger partial charge >= 0.3 is 0 Å². The summed E-state index contributed by atoms with van der Waals surface area (Å²) < 4.78 is 15.5. The van der Waals surface area contributed by atoms with Crippen molar-refractivity contribution in [2.24, 2.45) is 0 Å². The molecule has 5 nitrogen and oxygen atoms in total. The van der Waals surface area contributed by atoms with Crippen LogP contribution in [0.4, 0.5) is 10.2 Å². The summed E-state index contributed by atoms with van der Waals surface area (Å²) in [6, 6.07) is 4.86. The van der Waals surface area contributed by atoms with E-state index >= 15 is 0 Å². The molecule has 0 atom stereocenters. The number of halogens is 2. The van der Waals surface area contributed by atoms with Crippen LogP contribution in [-0.2, 0) is 0 Å². The fourth-order valence-electron chi connectivity index (χ4n) is 1.79. The van der Waals surface area contributed by atoms with Gasteiger partial charge in [0.1, 0.15) is 11.8 Å². The highest BCUT2D eigenvalue weighted by Crippen LogP contribution is 2.30. The number of nitrogen functional groups attached to an aromatic ring is 1. The molecule has 3 aromatic heterocycles. The van der Waals surface area contributed by atoms with Crippen molar-refractivity contribution in [2.75, 3.05) is 5.73 Å². The van der Waals surface area contributed by atoms with Gasteiger partial charge in [-0.15, -0.1) is 0 Å². The molecule has 3 heterocycles. The Hall–Kier alpha value is -2.02. The molecule has 0 saturated heterocycles. The number of anilines is 1. The van der Waals surface area contributed by atoms with Crippen LogP contribution >= 0.6 is 15.9 Å². The predicted octanol–water partition coefficient (Wildman–Crippen LogP) is 2.28. The van der Waals surface area contributed by atoms with Gasteiger partial charge in [0, 0.05) is 22.3 Å². The van der Waals surface area contributed by atoms with Gasteiger partial charge in [-0.3, -0.25) is 0 Å². The Bertz CT molecular complexity index is 739. The van der Waals surface area contributed by atoms with Gasteiger partial charge in [-0.25, -0.2) is 14.5 Å². The van der Waals surface area contributed by atoms with Crippen LogP contribution in [0.5, 0.6) is 0 Å². The fraction of sp³-hybridized carbons (Fsp3) is 0. The highest BCUT2D eigenvalue weighted by molar-refractivity contribution is 9.10. The molecule has 0 aliphatic heterocycles. The number of hydrogen-bond donors (Lipinski definition) is 1. The number of pyridine rings is 1. The lowest BCUT2D eigenvalue weighted by Gasteiger charge is -2.02. The molecular weight excluding hydrogens is 301 g/mol.